The van der Waals surface area contributed by atoms with E-state index in [1.807, 2.05) is 0 Å². The van der Waals surface area contributed by atoms with Crippen molar-refractivity contribution in [3.63, 3.8) is 0 Å². The summed E-state index contributed by atoms with van der Waals surface area (Å²) in [5, 5.41) is 0. The highest BCUT2D eigenvalue weighted by Gasteiger charge is 2.44. The first-order valence-corrected chi connectivity index (χ1v) is 6.99. The number of nitrogens with two attached hydrogens (primary N) is 1. The molecular formula is C13H21F3N2O. The van der Waals surface area contributed by atoms with Crippen molar-refractivity contribution in [1.29, 1.82) is 0 Å². The van der Waals surface area contributed by atoms with Gasteiger partial charge in [-0.25, -0.2) is 0 Å². The van der Waals surface area contributed by atoms with Gasteiger partial charge >= 0.3 is 6.18 Å². The maximum absolute atomic E-state index is 12.7. The predicted octanol–water partition coefficient (Wildman–Crippen LogP) is 2.16. The van der Waals surface area contributed by atoms with Crippen molar-refractivity contribution >= 4 is 5.91 Å². The van der Waals surface area contributed by atoms with Crippen molar-refractivity contribution in [2.45, 2.75) is 38.3 Å². The molecule has 0 aromatic carbocycles. The third-order valence-electron chi connectivity index (χ3n) is 4.47. The Bertz CT molecular complexity index is 332. The van der Waals surface area contributed by atoms with Gasteiger partial charge in [0.05, 0.1) is 5.92 Å². The summed E-state index contributed by atoms with van der Waals surface area (Å²) in [7, 11) is 0. The van der Waals surface area contributed by atoms with Crippen LogP contribution in [0.25, 0.3) is 0 Å². The molecule has 0 radical (unpaired) electrons. The minimum atomic E-state index is -4.19. The van der Waals surface area contributed by atoms with Crippen molar-refractivity contribution in [1.82, 2.24) is 4.90 Å². The molecule has 0 aromatic heterocycles. The highest BCUT2D eigenvalue weighted by atomic mass is 19.4. The highest BCUT2D eigenvalue weighted by molar-refractivity contribution is 5.79. The van der Waals surface area contributed by atoms with Crippen LogP contribution in [0.5, 0.6) is 0 Å². The molecule has 19 heavy (non-hydrogen) atoms. The zero-order valence-corrected chi connectivity index (χ0v) is 11.0. The zero-order valence-electron chi connectivity index (χ0n) is 11.0. The van der Waals surface area contributed by atoms with Crippen LogP contribution in [0.3, 0.4) is 0 Å². The van der Waals surface area contributed by atoms with Gasteiger partial charge in [0.2, 0.25) is 5.91 Å². The van der Waals surface area contributed by atoms with Crippen LogP contribution in [0.4, 0.5) is 13.2 Å². The third-order valence-corrected chi connectivity index (χ3v) is 4.47. The van der Waals surface area contributed by atoms with Gasteiger partial charge in [-0.2, -0.15) is 13.2 Å². The van der Waals surface area contributed by atoms with Crippen molar-refractivity contribution in [2.24, 2.45) is 23.5 Å². The quantitative estimate of drug-likeness (QED) is 0.841. The molecule has 3 unspecified atom stereocenters. The number of likely N-dealkylation sites (tertiary alicyclic amines) is 1. The molecule has 2 fully saturated rings. The Morgan fingerprint density at radius 2 is 1.95 bits per heavy atom. The van der Waals surface area contributed by atoms with Crippen LogP contribution in [-0.4, -0.2) is 36.6 Å². The van der Waals surface area contributed by atoms with Gasteiger partial charge in [-0.3, -0.25) is 4.79 Å². The summed E-state index contributed by atoms with van der Waals surface area (Å²) in [5.41, 5.74) is 5.64. The van der Waals surface area contributed by atoms with Gasteiger partial charge in [-0.1, -0.05) is 6.42 Å². The molecule has 0 bridgehead atoms. The van der Waals surface area contributed by atoms with E-state index in [1.54, 1.807) is 0 Å². The van der Waals surface area contributed by atoms with Crippen LogP contribution in [-0.2, 0) is 4.79 Å². The second kappa shape index (κ2) is 5.69. The van der Waals surface area contributed by atoms with Gasteiger partial charge < -0.3 is 10.6 Å². The smallest absolute Gasteiger partial charge is 0.342 e. The van der Waals surface area contributed by atoms with Crippen LogP contribution in [0.15, 0.2) is 0 Å². The zero-order chi connectivity index (χ0) is 14.0. The van der Waals surface area contributed by atoms with Gasteiger partial charge in [0.25, 0.3) is 0 Å². The Kier molecular flexibility index (Phi) is 4.38. The first kappa shape index (κ1) is 14.6. The topological polar surface area (TPSA) is 46.3 Å². The van der Waals surface area contributed by atoms with Gasteiger partial charge in [-0.05, 0) is 38.1 Å². The Morgan fingerprint density at radius 3 is 2.58 bits per heavy atom. The summed E-state index contributed by atoms with van der Waals surface area (Å²) in [4.78, 5) is 13.8. The van der Waals surface area contributed by atoms with Crippen molar-refractivity contribution < 1.29 is 18.0 Å². The number of carbonyl (C=O) groups excluding carboxylic acids is 1. The van der Waals surface area contributed by atoms with Crippen LogP contribution >= 0.6 is 0 Å². The fraction of sp³-hybridized carbons (Fsp3) is 0.923. The predicted molar refractivity (Wildman–Crippen MR) is 65.2 cm³/mol. The summed E-state index contributed by atoms with van der Waals surface area (Å²) in [6, 6.07) is 0. The molecule has 2 rings (SSSR count). The normalized spacial score (nSPS) is 32.6. The van der Waals surface area contributed by atoms with E-state index < -0.39 is 12.1 Å². The molecule has 0 aromatic rings. The van der Waals surface area contributed by atoms with Crippen LogP contribution < -0.4 is 5.73 Å². The van der Waals surface area contributed by atoms with Crippen molar-refractivity contribution in [2.75, 3.05) is 19.6 Å². The Morgan fingerprint density at radius 1 is 1.21 bits per heavy atom. The maximum Gasteiger partial charge on any atom is 0.393 e. The monoisotopic (exact) mass is 278 g/mol. The van der Waals surface area contributed by atoms with Gasteiger partial charge in [-0.15, -0.1) is 0 Å². The lowest BCUT2D eigenvalue weighted by atomic mass is 9.91. The van der Waals surface area contributed by atoms with Gasteiger partial charge in [0.15, 0.2) is 0 Å². The number of carbonyl (C=O) groups is 1. The van der Waals surface area contributed by atoms with E-state index in [4.69, 9.17) is 5.73 Å². The van der Waals surface area contributed by atoms with E-state index in [2.05, 4.69) is 0 Å². The Balaban J connectivity index is 1.99. The third kappa shape index (κ3) is 3.22. The number of piperidine rings is 1. The number of nitrogens with zero attached hydrogens (tertiary/aromatic N) is 1. The minimum Gasteiger partial charge on any atom is -0.342 e. The molecule has 0 spiro atoms. The van der Waals surface area contributed by atoms with E-state index in [0.29, 0.717) is 19.5 Å². The first-order valence-electron chi connectivity index (χ1n) is 6.99. The molecule has 2 N–H and O–H groups in total. The highest BCUT2D eigenvalue weighted by Crippen LogP contribution is 2.36. The molecule has 1 saturated carbocycles. The molecular weight excluding hydrogens is 257 g/mol. The molecule has 3 atom stereocenters. The van der Waals surface area contributed by atoms with Gasteiger partial charge in [0.1, 0.15) is 0 Å². The molecule has 6 heteroatoms. The number of hydrogen-bond acceptors (Lipinski definition) is 2. The lowest BCUT2D eigenvalue weighted by Gasteiger charge is -2.36. The molecule has 110 valence electrons. The summed E-state index contributed by atoms with van der Waals surface area (Å²) in [5.74, 6) is -1.47. The number of alkyl halides is 3. The van der Waals surface area contributed by atoms with Crippen molar-refractivity contribution in [3.05, 3.63) is 0 Å². The first-order chi connectivity index (χ1) is 8.93. The standard InChI is InChI=1S/C13H21F3N2O/c14-13(15,16)10-4-2-6-18(8-10)12(19)11-5-1-3-9(11)7-17/h9-11H,1-8,17H2. The second-order valence-corrected chi connectivity index (χ2v) is 5.70. The van der Waals surface area contributed by atoms with E-state index in [0.717, 1.165) is 19.3 Å². The fourth-order valence-electron chi connectivity index (χ4n) is 3.32. The van der Waals surface area contributed by atoms with E-state index in [1.165, 1.54) is 4.90 Å². The molecule has 1 heterocycles. The summed E-state index contributed by atoms with van der Waals surface area (Å²) in [6.07, 6.45) is -0.970. The largest absolute Gasteiger partial charge is 0.393 e. The number of rotatable bonds is 2. The summed E-state index contributed by atoms with van der Waals surface area (Å²) >= 11 is 0. The molecule has 1 amide bonds. The molecule has 1 aliphatic carbocycles. The average molecular weight is 278 g/mol. The Hall–Kier alpha value is -0.780. The lowest BCUT2D eigenvalue weighted by Crippen LogP contribution is -2.47. The molecule has 1 saturated heterocycles. The van der Waals surface area contributed by atoms with E-state index >= 15 is 0 Å². The molecule has 3 nitrogen and oxygen atoms in total. The van der Waals surface area contributed by atoms with Crippen LogP contribution in [0.2, 0.25) is 0 Å². The number of halogens is 3. The van der Waals surface area contributed by atoms with Crippen molar-refractivity contribution in [3.8, 4) is 0 Å². The minimum absolute atomic E-state index is 0.109. The maximum atomic E-state index is 12.7. The van der Waals surface area contributed by atoms with Gasteiger partial charge in [0, 0.05) is 19.0 Å². The Labute approximate surface area is 111 Å². The molecule has 1 aliphatic heterocycles. The molecule has 2 aliphatic rings. The van der Waals surface area contributed by atoms with Crippen LogP contribution in [0.1, 0.15) is 32.1 Å². The summed E-state index contributed by atoms with van der Waals surface area (Å²) in [6.45, 7) is 0.738. The second-order valence-electron chi connectivity index (χ2n) is 5.70. The lowest BCUT2D eigenvalue weighted by molar-refractivity contribution is -0.188. The summed E-state index contributed by atoms with van der Waals surface area (Å²) < 4.78 is 38.2. The number of hydrogen-bond donors (Lipinski definition) is 1. The van der Waals surface area contributed by atoms with Crippen LogP contribution in [0, 0.1) is 17.8 Å². The average Bonchev–Trinajstić information content (AvgIpc) is 2.85. The van der Waals surface area contributed by atoms with E-state index in [-0.39, 0.29) is 30.7 Å². The fourth-order valence-corrected chi connectivity index (χ4v) is 3.32. The number of amides is 1. The SMILES string of the molecule is NCC1CCCC1C(=O)N1CCCC(C(F)(F)F)C1. The van der Waals surface area contributed by atoms with E-state index in [9.17, 15) is 18.0 Å².